The molecular weight excluding hydrogens is 308 g/mol. The smallest absolute Gasteiger partial charge is 0.242 e. The number of anilines is 1. The lowest BCUT2D eigenvalue weighted by Gasteiger charge is -2.17. The van der Waals surface area contributed by atoms with Crippen molar-refractivity contribution < 1.29 is 4.79 Å². The van der Waals surface area contributed by atoms with Crippen LogP contribution in [0.2, 0.25) is 0 Å². The monoisotopic (exact) mass is 326 g/mol. The van der Waals surface area contributed by atoms with Crippen molar-refractivity contribution >= 4 is 27.7 Å². The molecule has 0 saturated heterocycles. The number of carbonyl (C=O) groups is 1. The van der Waals surface area contributed by atoms with E-state index in [-0.39, 0.29) is 18.0 Å². The first-order valence-electron chi connectivity index (χ1n) is 6.57. The van der Waals surface area contributed by atoms with E-state index >= 15 is 0 Å². The van der Waals surface area contributed by atoms with Gasteiger partial charge < -0.3 is 10.6 Å². The van der Waals surface area contributed by atoms with Gasteiger partial charge in [0.25, 0.3) is 0 Å². The lowest BCUT2D eigenvalue weighted by atomic mass is 10.3. The van der Waals surface area contributed by atoms with Crippen molar-refractivity contribution in [1.29, 1.82) is 0 Å². The molecule has 1 atom stereocenters. The lowest BCUT2D eigenvalue weighted by molar-refractivity contribution is -0.122. The van der Waals surface area contributed by atoms with Crippen LogP contribution in [-0.4, -0.2) is 28.0 Å². The number of nitrogens with one attached hydrogen (secondary N) is 2. The molecule has 2 N–H and O–H groups in total. The van der Waals surface area contributed by atoms with Crippen LogP contribution in [-0.2, 0) is 4.79 Å². The largest absolute Gasteiger partial charge is 0.358 e. The molecule has 1 aliphatic carbocycles. The highest BCUT2D eigenvalue weighted by atomic mass is 79.9. The van der Waals surface area contributed by atoms with Crippen LogP contribution in [0.4, 0.5) is 5.82 Å². The summed E-state index contributed by atoms with van der Waals surface area (Å²) in [7, 11) is 0. The molecule has 1 heterocycles. The van der Waals surface area contributed by atoms with E-state index in [4.69, 9.17) is 0 Å². The number of hydrogen-bond acceptors (Lipinski definition) is 4. The zero-order valence-electron chi connectivity index (χ0n) is 11.4. The number of aromatic nitrogens is 2. The van der Waals surface area contributed by atoms with E-state index < -0.39 is 0 Å². The van der Waals surface area contributed by atoms with E-state index in [1.165, 1.54) is 0 Å². The van der Waals surface area contributed by atoms with E-state index in [1.807, 2.05) is 20.8 Å². The Bertz CT molecular complexity index is 474. The predicted octanol–water partition coefficient (Wildman–Crippen LogP) is 2.44. The zero-order chi connectivity index (χ0) is 14.0. The van der Waals surface area contributed by atoms with Crippen molar-refractivity contribution in [2.45, 2.75) is 51.6 Å². The quantitative estimate of drug-likeness (QED) is 0.815. The number of nitrogens with zero attached hydrogens (tertiary/aromatic N) is 2. The summed E-state index contributed by atoms with van der Waals surface area (Å²) in [6.45, 7) is 5.71. The van der Waals surface area contributed by atoms with Gasteiger partial charge in [-0.2, -0.15) is 0 Å². The Hall–Kier alpha value is -1.17. The molecule has 19 heavy (non-hydrogen) atoms. The maximum atomic E-state index is 11.8. The van der Waals surface area contributed by atoms with Crippen molar-refractivity contribution in [3.8, 4) is 0 Å². The average Bonchev–Trinajstić information content (AvgIpc) is 3.10. The minimum Gasteiger partial charge on any atom is -0.358 e. The highest BCUT2D eigenvalue weighted by molar-refractivity contribution is 9.10. The van der Waals surface area contributed by atoms with Crippen LogP contribution in [0.3, 0.4) is 0 Å². The van der Waals surface area contributed by atoms with Crippen molar-refractivity contribution in [3.63, 3.8) is 0 Å². The van der Waals surface area contributed by atoms with Crippen LogP contribution in [0.15, 0.2) is 10.7 Å². The Labute approximate surface area is 121 Å². The van der Waals surface area contributed by atoms with E-state index in [2.05, 4.69) is 36.5 Å². The van der Waals surface area contributed by atoms with Gasteiger partial charge in [-0.25, -0.2) is 9.97 Å². The summed E-state index contributed by atoms with van der Waals surface area (Å²) in [5, 5.41) is 5.99. The molecule has 1 unspecified atom stereocenters. The third kappa shape index (κ3) is 4.16. The first-order valence-corrected chi connectivity index (χ1v) is 7.36. The average molecular weight is 327 g/mol. The molecule has 0 aromatic carbocycles. The van der Waals surface area contributed by atoms with Gasteiger partial charge in [0, 0.05) is 18.0 Å². The standard InChI is InChI=1S/C13H19BrN4O/c1-7(2)15-13(19)8(3)16-11-6-10(14)17-12(18-11)9-4-5-9/h6-9H,4-5H2,1-3H3,(H,15,19)(H,16,17,18). The lowest BCUT2D eigenvalue weighted by Crippen LogP contribution is -2.41. The van der Waals surface area contributed by atoms with Gasteiger partial charge in [-0.3, -0.25) is 4.79 Å². The van der Waals surface area contributed by atoms with Crippen molar-refractivity contribution in [3.05, 3.63) is 16.5 Å². The van der Waals surface area contributed by atoms with Gasteiger partial charge in [0.1, 0.15) is 22.3 Å². The summed E-state index contributed by atoms with van der Waals surface area (Å²) in [5.41, 5.74) is 0. The summed E-state index contributed by atoms with van der Waals surface area (Å²) >= 11 is 3.38. The van der Waals surface area contributed by atoms with Gasteiger partial charge in [0.05, 0.1) is 0 Å². The first-order chi connectivity index (χ1) is 8.95. The molecule has 1 aliphatic rings. The highest BCUT2D eigenvalue weighted by Crippen LogP contribution is 2.38. The summed E-state index contributed by atoms with van der Waals surface area (Å²) in [4.78, 5) is 20.7. The van der Waals surface area contributed by atoms with Gasteiger partial charge in [-0.15, -0.1) is 0 Å². The molecule has 5 nitrogen and oxygen atoms in total. The number of carbonyl (C=O) groups excluding carboxylic acids is 1. The van der Waals surface area contributed by atoms with Crippen LogP contribution >= 0.6 is 15.9 Å². The number of amides is 1. The van der Waals surface area contributed by atoms with Crippen LogP contribution in [0.5, 0.6) is 0 Å². The Morgan fingerprint density at radius 2 is 2.05 bits per heavy atom. The molecule has 1 amide bonds. The van der Waals surface area contributed by atoms with Gasteiger partial charge in [-0.1, -0.05) is 0 Å². The summed E-state index contributed by atoms with van der Waals surface area (Å²) < 4.78 is 0.753. The summed E-state index contributed by atoms with van der Waals surface area (Å²) in [6, 6.07) is 1.61. The topological polar surface area (TPSA) is 66.9 Å². The first kappa shape index (κ1) is 14.2. The molecule has 1 fully saturated rings. The van der Waals surface area contributed by atoms with Gasteiger partial charge in [0.15, 0.2) is 0 Å². The number of halogens is 1. The second kappa shape index (κ2) is 5.86. The molecule has 2 rings (SSSR count). The Morgan fingerprint density at radius 3 is 2.63 bits per heavy atom. The second-order valence-electron chi connectivity index (χ2n) is 5.24. The molecule has 104 valence electrons. The number of hydrogen-bond donors (Lipinski definition) is 2. The summed E-state index contributed by atoms with van der Waals surface area (Å²) in [6.07, 6.45) is 2.30. The fraction of sp³-hybridized carbons (Fsp3) is 0.615. The minimum absolute atomic E-state index is 0.0299. The van der Waals surface area contributed by atoms with Gasteiger partial charge in [-0.05, 0) is 49.5 Å². The Balaban J connectivity index is 2.03. The van der Waals surface area contributed by atoms with Crippen molar-refractivity contribution in [2.24, 2.45) is 0 Å². The maximum Gasteiger partial charge on any atom is 0.242 e. The normalized spacial score (nSPS) is 16.3. The van der Waals surface area contributed by atoms with Crippen molar-refractivity contribution in [1.82, 2.24) is 15.3 Å². The zero-order valence-corrected chi connectivity index (χ0v) is 13.0. The predicted molar refractivity (Wildman–Crippen MR) is 78.1 cm³/mol. The number of rotatable bonds is 5. The molecular formula is C13H19BrN4O. The molecule has 0 aliphatic heterocycles. The van der Waals surface area contributed by atoms with E-state index in [1.54, 1.807) is 6.07 Å². The van der Waals surface area contributed by atoms with Gasteiger partial charge >= 0.3 is 0 Å². The Kier molecular flexibility index (Phi) is 4.39. The molecule has 1 aromatic rings. The molecule has 0 radical (unpaired) electrons. The highest BCUT2D eigenvalue weighted by Gasteiger charge is 2.27. The van der Waals surface area contributed by atoms with Gasteiger partial charge in [0.2, 0.25) is 5.91 Å². The SMILES string of the molecule is CC(C)NC(=O)C(C)Nc1cc(Br)nc(C2CC2)n1. The van der Waals surface area contributed by atoms with E-state index in [9.17, 15) is 4.79 Å². The molecule has 6 heteroatoms. The summed E-state index contributed by atoms with van der Waals surface area (Å²) in [5.74, 6) is 2.00. The van der Waals surface area contributed by atoms with Crippen LogP contribution < -0.4 is 10.6 Å². The van der Waals surface area contributed by atoms with Crippen LogP contribution in [0, 0.1) is 0 Å². The van der Waals surface area contributed by atoms with Crippen LogP contribution in [0.25, 0.3) is 0 Å². The van der Waals surface area contributed by atoms with E-state index in [0.717, 1.165) is 23.3 Å². The molecule has 0 spiro atoms. The van der Waals surface area contributed by atoms with Crippen molar-refractivity contribution in [2.75, 3.05) is 5.32 Å². The van der Waals surface area contributed by atoms with E-state index in [0.29, 0.717) is 11.7 Å². The Morgan fingerprint density at radius 1 is 1.37 bits per heavy atom. The third-order valence-corrected chi connectivity index (χ3v) is 3.25. The third-order valence-electron chi connectivity index (χ3n) is 2.84. The molecule has 0 bridgehead atoms. The fourth-order valence-corrected chi connectivity index (χ4v) is 2.13. The van der Waals surface area contributed by atoms with Crippen LogP contribution in [0.1, 0.15) is 45.4 Å². The molecule has 1 saturated carbocycles. The maximum absolute atomic E-state index is 11.8. The molecule has 1 aromatic heterocycles. The minimum atomic E-state index is -0.323. The second-order valence-corrected chi connectivity index (χ2v) is 6.05. The fourth-order valence-electron chi connectivity index (χ4n) is 1.73.